The third-order valence-corrected chi connectivity index (χ3v) is 3.00. The molecule has 0 aliphatic carbocycles. The summed E-state index contributed by atoms with van der Waals surface area (Å²) in [6.45, 7) is 4.06. The quantitative estimate of drug-likeness (QED) is 0.789. The van der Waals surface area contributed by atoms with E-state index < -0.39 is 0 Å². The molecule has 1 atom stereocenters. The summed E-state index contributed by atoms with van der Waals surface area (Å²) in [7, 11) is 0. The average molecular weight is 208 g/mol. The lowest BCUT2D eigenvalue weighted by Gasteiger charge is -2.15. The van der Waals surface area contributed by atoms with Gasteiger partial charge >= 0.3 is 0 Å². The SMILES string of the molecule is Cc1occc1C(=O)N1CCC(CN)C1. The summed E-state index contributed by atoms with van der Waals surface area (Å²) >= 11 is 0. The van der Waals surface area contributed by atoms with E-state index in [0.29, 0.717) is 23.8 Å². The Bertz CT molecular complexity index is 359. The monoisotopic (exact) mass is 208 g/mol. The van der Waals surface area contributed by atoms with E-state index in [9.17, 15) is 4.79 Å². The zero-order valence-electron chi connectivity index (χ0n) is 8.90. The second-order valence-electron chi connectivity index (χ2n) is 4.03. The predicted molar refractivity (Wildman–Crippen MR) is 56.5 cm³/mol. The van der Waals surface area contributed by atoms with Crippen molar-refractivity contribution in [2.45, 2.75) is 13.3 Å². The number of furan rings is 1. The topological polar surface area (TPSA) is 59.5 Å². The van der Waals surface area contributed by atoms with Gasteiger partial charge in [0.05, 0.1) is 11.8 Å². The number of rotatable bonds is 2. The summed E-state index contributed by atoms with van der Waals surface area (Å²) in [5.74, 6) is 1.22. The summed E-state index contributed by atoms with van der Waals surface area (Å²) in [5.41, 5.74) is 6.26. The summed E-state index contributed by atoms with van der Waals surface area (Å²) in [6.07, 6.45) is 2.57. The van der Waals surface area contributed by atoms with Crippen LogP contribution in [0.5, 0.6) is 0 Å². The highest BCUT2D eigenvalue weighted by atomic mass is 16.3. The Kier molecular flexibility index (Phi) is 2.77. The van der Waals surface area contributed by atoms with Crippen LogP contribution in [0.3, 0.4) is 0 Å². The Morgan fingerprint density at radius 1 is 1.73 bits per heavy atom. The van der Waals surface area contributed by atoms with Crippen LogP contribution in [0.15, 0.2) is 16.7 Å². The Morgan fingerprint density at radius 2 is 2.53 bits per heavy atom. The van der Waals surface area contributed by atoms with Gasteiger partial charge < -0.3 is 15.1 Å². The van der Waals surface area contributed by atoms with Crippen molar-refractivity contribution < 1.29 is 9.21 Å². The molecular formula is C11H16N2O2. The van der Waals surface area contributed by atoms with Gasteiger partial charge in [0.25, 0.3) is 5.91 Å². The molecule has 1 aromatic rings. The Balaban J connectivity index is 2.07. The Morgan fingerprint density at radius 3 is 3.07 bits per heavy atom. The first-order chi connectivity index (χ1) is 7.22. The maximum absolute atomic E-state index is 12.0. The number of amides is 1. The van der Waals surface area contributed by atoms with Gasteiger partial charge in [0.1, 0.15) is 5.76 Å². The molecule has 4 nitrogen and oxygen atoms in total. The zero-order chi connectivity index (χ0) is 10.8. The fraction of sp³-hybridized carbons (Fsp3) is 0.545. The van der Waals surface area contributed by atoms with Crippen LogP contribution < -0.4 is 5.73 Å². The highest BCUT2D eigenvalue weighted by Gasteiger charge is 2.27. The van der Waals surface area contributed by atoms with Crippen molar-refractivity contribution in [1.29, 1.82) is 0 Å². The standard InChI is InChI=1S/C11H16N2O2/c1-8-10(3-5-15-8)11(14)13-4-2-9(6-12)7-13/h3,5,9H,2,4,6-7,12H2,1H3. The van der Waals surface area contributed by atoms with Crippen molar-refractivity contribution in [2.24, 2.45) is 11.7 Å². The lowest BCUT2D eigenvalue weighted by Crippen LogP contribution is -2.29. The molecule has 2 N–H and O–H groups in total. The molecule has 1 aliphatic heterocycles. The summed E-state index contributed by atoms with van der Waals surface area (Å²) in [5, 5.41) is 0. The van der Waals surface area contributed by atoms with Crippen molar-refractivity contribution >= 4 is 5.91 Å². The average Bonchev–Trinajstić information content (AvgIpc) is 2.84. The summed E-state index contributed by atoms with van der Waals surface area (Å²) < 4.78 is 5.13. The smallest absolute Gasteiger partial charge is 0.257 e. The minimum atomic E-state index is 0.0669. The first-order valence-corrected chi connectivity index (χ1v) is 5.26. The van der Waals surface area contributed by atoms with Gasteiger partial charge in [0.2, 0.25) is 0 Å². The van der Waals surface area contributed by atoms with E-state index in [1.807, 2.05) is 11.8 Å². The van der Waals surface area contributed by atoms with E-state index in [-0.39, 0.29) is 5.91 Å². The van der Waals surface area contributed by atoms with Gasteiger partial charge in [-0.25, -0.2) is 0 Å². The van der Waals surface area contributed by atoms with E-state index in [4.69, 9.17) is 10.2 Å². The minimum absolute atomic E-state index is 0.0669. The fourth-order valence-electron chi connectivity index (χ4n) is 1.99. The number of hydrogen-bond donors (Lipinski definition) is 1. The van der Waals surface area contributed by atoms with Gasteiger partial charge in [-0.1, -0.05) is 0 Å². The molecule has 1 aliphatic rings. The van der Waals surface area contributed by atoms with Crippen molar-refractivity contribution in [3.63, 3.8) is 0 Å². The van der Waals surface area contributed by atoms with Gasteiger partial charge in [0, 0.05) is 13.1 Å². The second-order valence-corrected chi connectivity index (χ2v) is 4.03. The van der Waals surface area contributed by atoms with Crippen LogP contribution in [0.4, 0.5) is 0 Å². The first-order valence-electron chi connectivity index (χ1n) is 5.26. The van der Waals surface area contributed by atoms with Crippen LogP contribution in [0.1, 0.15) is 22.5 Å². The second kappa shape index (κ2) is 4.06. The molecule has 82 valence electrons. The van der Waals surface area contributed by atoms with Crippen LogP contribution in [0.2, 0.25) is 0 Å². The van der Waals surface area contributed by atoms with E-state index >= 15 is 0 Å². The van der Waals surface area contributed by atoms with Crippen molar-refractivity contribution in [3.05, 3.63) is 23.7 Å². The van der Waals surface area contributed by atoms with Gasteiger partial charge in [-0.15, -0.1) is 0 Å². The highest BCUT2D eigenvalue weighted by Crippen LogP contribution is 2.19. The van der Waals surface area contributed by atoms with Crippen LogP contribution in [0, 0.1) is 12.8 Å². The van der Waals surface area contributed by atoms with E-state index in [0.717, 1.165) is 19.5 Å². The first kappa shape index (κ1) is 10.2. The van der Waals surface area contributed by atoms with Gasteiger partial charge in [-0.05, 0) is 31.9 Å². The molecule has 1 unspecified atom stereocenters. The van der Waals surface area contributed by atoms with Crippen molar-refractivity contribution in [3.8, 4) is 0 Å². The van der Waals surface area contributed by atoms with Crippen molar-refractivity contribution in [2.75, 3.05) is 19.6 Å². The molecule has 2 rings (SSSR count). The van der Waals surface area contributed by atoms with Crippen LogP contribution >= 0.6 is 0 Å². The molecule has 0 aromatic carbocycles. The van der Waals surface area contributed by atoms with E-state index in [1.54, 1.807) is 12.3 Å². The maximum atomic E-state index is 12.0. The largest absolute Gasteiger partial charge is 0.469 e. The molecule has 0 bridgehead atoms. The van der Waals surface area contributed by atoms with Crippen LogP contribution in [0.25, 0.3) is 0 Å². The molecule has 1 fully saturated rings. The number of nitrogens with two attached hydrogens (primary N) is 1. The van der Waals surface area contributed by atoms with E-state index in [1.165, 1.54) is 0 Å². The predicted octanol–water partition coefficient (Wildman–Crippen LogP) is 1.01. The number of aryl methyl sites for hydroxylation is 1. The Hall–Kier alpha value is -1.29. The highest BCUT2D eigenvalue weighted by molar-refractivity contribution is 5.95. The van der Waals surface area contributed by atoms with Crippen LogP contribution in [-0.4, -0.2) is 30.4 Å². The number of likely N-dealkylation sites (tertiary alicyclic amines) is 1. The summed E-state index contributed by atoms with van der Waals surface area (Å²) in [4.78, 5) is 13.9. The number of hydrogen-bond acceptors (Lipinski definition) is 3. The minimum Gasteiger partial charge on any atom is -0.469 e. The van der Waals surface area contributed by atoms with Gasteiger partial charge in [-0.3, -0.25) is 4.79 Å². The molecule has 0 spiro atoms. The maximum Gasteiger partial charge on any atom is 0.257 e. The lowest BCUT2D eigenvalue weighted by molar-refractivity contribution is 0.0786. The number of carbonyl (C=O) groups excluding carboxylic acids is 1. The lowest BCUT2D eigenvalue weighted by atomic mass is 10.1. The Labute approximate surface area is 89.0 Å². The molecule has 2 heterocycles. The molecule has 1 aromatic heterocycles. The third kappa shape index (κ3) is 1.90. The van der Waals surface area contributed by atoms with Gasteiger partial charge in [-0.2, -0.15) is 0 Å². The molecule has 4 heteroatoms. The molecular weight excluding hydrogens is 192 g/mol. The third-order valence-electron chi connectivity index (χ3n) is 3.00. The summed E-state index contributed by atoms with van der Waals surface area (Å²) in [6, 6.07) is 1.73. The molecule has 1 saturated heterocycles. The van der Waals surface area contributed by atoms with Crippen LogP contribution in [-0.2, 0) is 0 Å². The number of carbonyl (C=O) groups is 1. The van der Waals surface area contributed by atoms with Crippen molar-refractivity contribution in [1.82, 2.24) is 4.90 Å². The zero-order valence-corrected chi connectivity index (χ0v) is 8.90. The number of nitrogens with zero attached hydrogens (tertiary/aromatic N) is 1. The molecule has 1 amide bonds. The molecule has 15 heavy (non-hydrogen) atoms. The molecule has 0 radical (unpaired) electrons. The fourth-order valence-corrected chi connectivity index (χ4v) is 1.99. The molecule has 0 saturated carbocycles. The van der Waals surface area contributed by atoms with Gasteiger partial charge in [0.15, 0.2) is 0 Å². The normalized spacial score (nSPS) is 20.9. The van der Waals surface area contributed by atoms with E-state index in [2.05, 4.69) is 0 Å².